The fourth-order valence-corrected chi connectivity index (χ4v) is 1.90. The molecule has 6 heteroatoms. The minimum atomic E-state index is -0.234. The Morgan fingerprint density at radius 3 is 2.60 bits per heavy atom. The molecule has 2 aromatic rings. The normalized spacial score (nSPS) is 11.9. The lowest BCUT2D eigenvalue weighted by Gasteiger charge is -2.16. The molecular formula is C14H18N4O2. The van der Waals surface area contributed by atoms with Gasteiger partial charge in [-0.05, 0) is 24.6 Å². The zero-order valence-electron chi connectivity index (χ0n) is 11.5. The van der Waals surface area contributed by atoms with Crippen LogP contribution in [-0.4, -0.2) is 23.7 Å². The lowest BCUT2D eigenvalue weighted by molar-refractivity contribution is 0.340. The van der Waals surface area contributed by atoms with Gasteiger partial charge in [-0.3, -0.25) is 5.84 Å². The molecule has 106 valence electrons. The average molecular weight is 274 g/mol. The van der Waals surface area contributed by atoms with E-state index in [1.807, 2.05) is 31.2 Å². The molecule has 1 heterocycles. The van der Waals surface area contributed by atoms with Crippen molar-refractivity contribution in [1.29, 1.82) is 0 Å². The van der Waals surface area contributed by atoms with Gasteiger partial charge in [-0.25, -0.2) is 15.4 Å². The monoisotopic (exact) mass is 274 g/mol. The number of nitrogens with one attached hydrogen (secondary N) is 1. The third-order valence-electron chi connectivity index (χ3n) is 2.86. The van der Waals surface area contributed by atoms with Crippen LogP contribution in [0.25, 0.3) is 0 Å². The first-order valence-corrected chi connectivity index (χ1v) is 6.33. The van der Waals surface area contributed by atoms with Crippen LogP contribution in [0, 0.1) is 0 Å². The van der Waals surface area contributed by atoms with E-state index in [0.29, 0.717) is 12.5 Å². The smallest absolute Gasteiger partial charge is 0.216 e. The quantitative estimate of drug-likeness (QED) is 0.612. The number of hydrogen-bond acceptors (Lipinski definition) is 6. The lowest BCUT2D eigenvalue weighted by atomic mass is 10.0. The molecule has 0 bridgehead atoms. The third kappa shape index (κ3) is 3.23. The molecule has 0 radical (unpaired) electrons. The number of methoxy groups -OCH3 is 1. The van der Waals surface area contributed by atoms with E-state index in [0.717, 1.165) is 17.0 Å². The maximum absolute atomic E-state index is 5.64. The highest BCUT2D eigenvalue weighted by Gasteiger charge is 2.15. The second-order valence-corrected chi connectivity index (χ2v) is 4.09. The molecule has 0 aliphatic carbocycles. The number of hydrazine groups is 1. The highest BCUT2D eigenvalue weighted by atomic mass is 16.5. The highest BCUT2D eigenvalue weighted by Crippen LogP contribution is 2.23. The van der Waals surface area contributed by atoms with E-state index < -0.39 is 0 Å². The van der Waals surface area contributed by atoms with Crippen LogP contribution in [0.3, 0.4) is 0 Å². The number of benzene rings is 1. The SMILES string of the molecule is CCOc1ccc(C(NN)c2cc(OC)ncn2)cc1. The van der Waals surface area contributed by atoms with Gasteiger partial charge in [0.2, 0.25) is 5.88 Å². The topological polar surface area (TPSA) is 82.3 Å². The minimum absolute atomic E-state index is 0.234. The van der Waals surface area contributed by atoms with E-state index in [2.05, 4.69) is 15.4 Å². The molecule has 0 aliphatic rings. The van der Waals surface area contributed by atoms with Crippen LogP contribution in [0.5, 0.6) is 11.6 Å². The van der Waals surface area contributed by atoms with Crippen LogP contribution in [0.1, 0.15) is 24.2 Å². The Kier molecular flexibility index (Phi) is 4.86. The lowest BCUT2D eigenvalue weighted by Crippen LogP contribution is -2.29. The summed E-state index contributed by atoms with van der Waals surface area (Å²) in [6.45, 7) is 2.59. The molecule has 1 atom stereocenters. The van der Waals surface area contributed by atoms with Crippen LogP contribution in [0.15, 0.2) is 36.7 Å². The molecule has 20 heavy (non-hydrogen) atoms. The Balaban J connectivity index is 2.26. The maximum Gasteiger partial charge on any atom is 0.216 e. The van der Waals surface area contributed by atoms with Crippen LogP contribution in [0.4, 0.5) is 0 Å². The molecule has 0 saturated carbocycles. The van der Waals surface area contributed by atoms with Gasteiger partial charge in [-0.1, -0.05) is 12.1 Å². The molecule has 6 nitrogen and oxygen atoms in total. The van der Waals surface area contributed by atoms with E-state index in [9.17, 15) is 0 Å². The molecule has 0 saturated heterocycles. The van der Waals surface area contributed by atoms with Gasteiger partial charge in [-0.2, -0.15) is 0 Å². The Morgan fingerprint density at radius 2 is 2.00 bits per heavy atom. The number of hydrogen-bond donors (Lipinski definition) is 2. The number of aromatic nitrogens is 2. The number of nitrogens with zero attached hydrogens (tertiary/aromatic N) is 2. The van der Waals surface area contributed by atoms with E-state index in [4.69, 9.17) is 15.3 Å². The maximum atomic E-state index is 5.64. The van der Waals surface area contributed by atoms with Gasteiger partial charge in [-0.15, -0.1) is 0 Å². The fraction of sp³-hybridized carbons (Fsp3) is 0.286. The van der Waals surface area contributed by atoms with Crippen molar-refractivity contribution in [3.63, 3.8) is 0 Å². The van der Waals surface area contributed by atoms with Crippen LogP contribution >= 0.6 is 0 Å². The van der Waals surface area contributed by atoms with Crippen molar-refractivity contribution in [2.24, 2.45) is 5.84 Å². The highest BCUT2D eigenvalue weighted by molar-refractivity contribution is 5.34. The summed E-state index contributed by atoms with van der Waals surface area (Å²) in [6, 6.07) is 9.22. The van der Waals surface area contributed by atoms with Gasteiger partial charge in [0.25, 0.3) is 0 Å². The van der Waals surface area contributed by atoms with Crippen molar-refractivity contribution >= 4 is 0 Å². The van der Waals surface area contributed by atoms with Gasteiger partial charge in [0.15, 0.2) is 0 Å². The summed E-state index contributed by atoms with van der Waals surface area (Å²) >= 11 is 0. The Morgan fingerprint density at radius 1 is 1.25 bits per heavy atom. The van der Waals surface area contributed by atoms with Crippen molar-refractivity contribution in [2.75, 3.05) is 13.7 Å². The summed E-state index contributed by atoms with van der Waals surface area (Å²) in [5.74, 6) is 6.97. The van der Waals surface area contributed by atoms with Crippen molar-refractivity contribution in [3.8, 4) is 11.6 Å². The van der Waals surface area contributed by atoms with Gasteiger partial charge in [0, 0.05) is 6.07 Å². The van der Waals surface area contributed by atoms with Crippen molar-refractivity contribution in [1.82, 2.24) is 15.4 Å². The second kappa shape index (κ2) is 6.83. The summed E-state index contributed by atoms with van der Waals surface area (Å²) in [5.41, 5.74) is 4.47. The van der Waals surface area contributed by atoms with Crippen molar-refractivity contribution in [3.05, 3.63) is 47.9 Å². The molecule has 0 fully saturated rings. The molecule has 0 aliphatic heterocycles. The summed E-state index contributed by atoms with van der Waals surface area (Å²) < 4.78 is 10.5. The number of rotatable bonds is 6. The number of ether oxygens (including phenoxy) is 2. The summed E-state index contributed by atoms with van der Waals surface area (Å²) in [6.07, 6.45) is 1.45. The van der Waals surface area contributed by atoms with Crippen molar-refractivity contribution < 1.29 is 9.47 Å². The van der Waals surface area contributed by atoms with Gasteiger partial charge < -0.3 is 9.47 Å². The first kappa shape index (κ1) is 14.2. The fourth-order valence-electron chi connectivity index (χ4n) is 1.90. The van der Waals surface area contributed by atoms with E-state index >= 15 is 0 Å². The molecule has 0 spiro atoms. The molecule has 1 aromatic heterocycles. The Bertz CT molecular complexity index is 545. The molecular weight excluding hydrogens is 256 g/mol. The van der Waals surface area contributed by atoms with Gasteiger partial charge in [0.1, 0.15) is 12.1 Å². The van der Waals surface area contributed by atoms with Crippen LogP contribution < -0.4 is 20.7 Å². The Labute approximate surface area is 117 Å². The predicted molar refractivity (Wildman–Crippen MR) is 75.4 cm³/mol. The average Bonchev–Trinajstić information content (AvgIpc) is 2.50. The standard InChI is InChI=1S/C14H18N4O2/c1-3-20-11-6-4-10(5-7-11)14(18-15)12-8-13(19-2)17-9-16-12/h4-9,14,18H,3,15H2,1-2H3. The minimum Gasteiger partial charge on any atom is -0.494 e. The summed E-state index contributed by atoms with van der Waals surface area (Å²) in [7, 11) is 1.56. The van der Waals surface area contributed by atoms with Crippen molar-refractivity contribution in [2.45, 2.75) is 13.0 Å². The largest absolute Gasteiger partial charge is 0.494 e. The van der Waals surface area contributed by atoms with Crippen LogP contribution in [-0.2, 0) is 0 Å². The zero-order valence-corrected chi connectivity index (χ0v) is 11.5. The summed E-state index contributed by atoms with van der Waals surface area (Å²) in [5, 5.41) is 0. The Hall–Kier alpha value is -2.18. The molecule has 1 unspecified atom stereocenters. The van der Waals surface area contributed by atoms with Crippen LogP contribution in [0.2, 0.25) is 0 Å². The molecule has 0 amide bonds. The number of nitrogens with two attached hydrogens (primary N) is 1. The van der Waals surface area contributed by atoms with E-state index in [1.54, 1.807) is 13.2 Å². The van der Waals surface area contributed by atoms with Gasteiger partial charge >= 0.3 is 0 Å². The zero-order chi connectivity index (χ0) is 14.4. The molecule has 2 rings (SSSR count). The second-order valence-electron chi connectivity index (χ2n) is 4.09. The summed E-state index contributed by atoms with van der Waals surface area (Å²) in [4.78, 5) is 8.21. The first-order valence-electron chi connectivity index (χ1n) is 6.33. The third-order valence-corrected chi connectivity index (χ3v) is 2.86. The molecule has 1 aromatic carbocycles. The molecule has 3 N–H and O–H groups in total. The first-order chi connectivity index (χ1) is 9.78. The van der Waals surface area contributed by atoms with E-state index in [-0.39, 0.29) is 6.04 Å². The van der Waals surface area contributed by atoms with Gasteiger partial charge in [0.05, 0.1) is 25.5 Å². The predicted octanol–water partition coefficient (Wildman–Crippen LogP) is 1.44. The van der Waals surface area contributed by atoms with E-state index in [1.165, 1.54) is 6.33 Å².